The van der Waals surface area contributed by atoms with E-state index in [0.29, 0.717) is 23.2 Å². The fourth-order valence-electron chi connectivity index (χ4n) is 9.48. The molecule has 0 unspecified atom stereocenters. The predicted molar refractivity (Wildman–Crippen MR) is 275 cm³/mol. The topological polar surface area (TPSA) is 87.2 Å². The average Bonchev–Trinajstić information content (AvgIpc) is 3.95. The van der Waals surface area contributed by atoms with E-state index in [9.17, 15) is 0 Å². The first-order chi connectivity index (χ1) is 33.7. The molecule has 0 amide bonds. The van der Waals surface area contributed by atoms with Crippen LogP contribution in [0, 0.1) is 0 Å². The number of rotatable bonds is 8. The van der Waals surface area contributed by atoms with Crippen LogP contribution in [0.15, 0.2) is 231 Å². The molecule has 0 aliphatic carbocycles. The Hall–Kier alpha value is -9.40. The van der Waals surface area contributed by atoms with Crippen molar-refractivity contribution < 1.29 is 0 Å². The molecule has 8 heteroatoms. The third-order valence-electron chi connectivity index (χ3n) is 12.6. The molecule has 0 atom stereocenters. The number of aromatic nitrogens is 8. The zero-order valence-corrected chi connectivity index (χ0v) is 36.5. The summed E-state index contributed by atoms with van der Waals surface area (Å²) >= 11 is 0. The summed E-state index contributed by atoms with van der Waals surface area (Å²) in [4.78, 5) is 31.2. The summed E-state index contributed by atoms with van der Waals surface area (Å²) in [5, 5.41) is 4.44. The minimum Gasteiger partial charge on any atom is -0.292 e. The Kier molecular flexibility index (Phi) is 9.31. The molecule has 0 aliphatic rings. The van der Waals surface area contributed by atoms with Gasteiger partial charge >= 0.3 is 0 Å². The first kappa shape index (κ1) is 39.0. The molecule has 0 fully saturated rings. The number of hydrogen-bond acceptors (Lipinski definition) is 6. The first-order valence-electron chi connectivity index (χ1n) is 22.6. The highest BCUT2D eigenvalue weighted by Gasteiger charge is 2.23. The van der Waals surface area contributed by atoms with E-state index in [-0.39, 0.29) is 0 Å². The van der Waals surface area contributed by atoms with Gasteiger partial charge in [-0.2, -0.15) is 0 Å². The van der Waals surface area contributed by atoms with E-state index < -0.39 is 0 Å². The lowest BCUT2D eigenvalue weighted by atomic mass is 10.0. The molecule has 0 bridgehead atoms. The Labute approximate surface area is 391 Å². The van der Waals surface area contributed by atoms with Crippen LogP contribution in [0.3, 0.4) is 0 Å². The van der Waals surface area contributed by atoms with Gasteiger partial charge in [-0.1, -0.05) is 182 Å². The molecule has 0 radical (unpaired) electrons. The molecular weight excluding hydrogens is 833 g/mol. The fraction of sp³-hybridized carbons (Fsp3) is 0. The lowest BCUT2D eigenvalue weighted by molar-refractivity contribution is 1.03. The number of nitrogens with zero attached hydrogens (tertiary/aromatic N) is 8. The third kappa shape index (κ3) is 6.70. The minimum absolute atomic E-state index is 0.487. The Morgan fingerprint density at radius 3 is 1.21 bits per heavy atom. The quantitative estimate of drug-likeness (QED) is 0.151. The van der Waals surface area contributed by atoms with Gasteiger partial charge in [-0.05, 0) is 59.7 Å². The zero-order chi connectivity index (χ0) is 45.0. The molecule has 0 spiro atoms. The number of benzene rings is 7. The van der Waals surface area contributed by atoms with Crippen LogP contribution in [0.25, 0.3) is 123 Å². The fourth-order valence-corrected chi connectivity index (χ4v) is 9.48. The van der Waals surface area contributed by atoms with Crippen LogP contribution in [0.2, 0.25) is 0 Å². The Balaban J connectivity index is 1.04. The van der Waals surface area contributed by atoms with Crippen molar-refractivity contribution in [2.45, 2.75) is 0 Å². The molecule has 0 aliphatic heterocycles. The summed E-state index contributed by atoms with van der Waals surface area (Å²) in [6.45, 7) is 0. The van der Waals surface area contributed by atoms with E-state index in [0.717, 1.165) is 100 Å². The SMILES string of the molecule is c1ccc(-c2cc(-c3ccccc3)nc(-c3cccc(-n4c5ccccc5c5ccc6c7ccccc7n(-c7cccc(-c8nc(-c9ccccc9)nc(-c9ccccc9)n8)n7)c6c54)n3)c2)cc1. The number of para-hydroxylation sites is 2. The van der Waals surface area contributed by atoms with Gasteiger partial charge < -0.3 is 0 Å². The van der Waals surface area contributed by atoms with Gasteiger partial charge in [-0.15, -0.1) is 0 Å². The van der Waals surface area contributed by atoms with Gasteiger partial charge in [0.1, 0.15) is 17.3 Å². The molecule has 13 aromatic rings. The van der Waals surface area contributed by atoms with E-state index in [1.54, 1.807) is 0 Å². The highest BCUT2D eigenvalue weighted by molar-refractivity contribution is 6.23. The van der Waals surface area contributed by atoms with Crippen molar-refractivity contribution >= 4 is 43.6 Å². The smallest absolute Gasteiger partial charge is 0.182 e. The number of fused-ring (bicyclic) bond motifs is 7. The average molecular weight is 871 g/mol. The summed E-state index contributed by atoms with van der Waals surface area (Å²) in [5.74, 6) is 3.16. The standard InChI is InChI=1S/C60H38N8/c1-5-19-39(20-6-1)43-37-50(40-21-7-2-8-22-40)61-51(38-43)48-29-17-33-54(62-48)67-52-31-15-13-27-44(52)46-35-36-47-45-28-14-16-32-53(45)68(57(47)56(46)67)55-34-18-30-49(63-55)60-65-58(41-23-9-3-10-24-41)64-59(66-60)42-25-11-4-12-26-42/h1-38H. The molecule has 6 heterocycles. The number of hydrogen-bond donors (Lipinski definition) is 0. The molecule has 68 heavy (non-hydrogen) atoms. The van der Waals surface area contributed by atoms with Gasteiger partial charge in [0.05, 0.1) is 39.1 Å². The van der Waals surface area contributed by atoms with E-state index in [4.69, 9.17) is 29.9 Å². The van der Waals surface area contributed by atoms with Gasteiger partial charge in [-0.25, -0.2) is 29.9 Å². The normalized spacial score (nSPS) is 11.5. The molecule has 318 valence electrons. The molecule has 0 N–H and O–H groups in total. The maximum absolute atomic E-state index is 5.49. The monoisotopic (exact) mass is 870 g/mol. The zero-order valence-electron chi connectivity index (χ0n) is 36.5. The van der Waals surface area contributed by atoms with Gasteiger partial charge in [0.25, 0.3) is 0 Å². The second-order valence-corrected chi connectivity index (χ2v) is 16.7. The second-order valence-electron chi connectivity index (χ2n) is 16.7. The molecule has 6 aromatic heterocycles. The van der Waals surface area contributed by atoms with Crippen LogP contribution >= 0.6 is 0 Å². The maximum atomic E-state index is 5.49. The van der Waals surface area contributed by atoms with E-state index in [1.807, 2.05) is 84.9 Å². The van der Waals surface area contributed by atoms with Gasteiger partial charge in [-0.3, -0.25) is 9.13 Å². The molecule has 8 nitrogen and oxygen atoms in total. The summed E-state index contributed by atoms with van der Waals surface area (Å²) < 4.78 is 4.59. The van der Waals surface area contributed by atoms with Crippen molar-refractivity contribution in [3.8, 4) is 79.7 Å². The van der Waals surface area contributed by atoms with Crippen LogP contribution in [0.5, 0.6) is 0 Å². The lowest BCUT2D eigenvalue weighted by Crippen LogP contribution is -2.04. The Bertz CT molecular complexity index is 3640. The van der Waals surface area contributed by atoms with Crippen LogP contribution in [-0.4, -0.2) is 39.0 Å². The van der Waals surface area contributed by atoms with Crippen LogP contribution in [-0.2, 0) is 0 Å². The highest BCUT2D eigenvalue weighted by Crippen LogP contribution is 2.42. The van der Waals surface area contributed by atoms with Crippen LogP contribution in [0.4, 0.5) is 0 Å². The van der Waals surface area contributed by atoms with Crippen molar-refractivity contribution in [2.24, 2.45) is 0 Å². The van der Waals surface area contributed by atoms with Crippen LogP contribution < -0.4 is 0 Å². The van der Waals surface area contributed by atoms with Crippen molar-refractivity contribution in [1.82, 2.24) is 39.0 Å². The summed E-state index contributed by atoms with van der Waals surface area (Å²) in [5.41, 5.74) is 12.2. The molecule has 0 saturated carbocycles. The van der Waals surface area contributed by atoms with E-state index in [1.165, 1.54) is 0 Å². The van der Waals surface area contributed by atoms with Crippen molar-refractivity contribution in [3.05, 3.63) is 231 Å². The Morgan fingerprint density at radius 1 is 0.235 bits per heavy atom. The van der Waals surface area contributed by atoms with E-state index in [2.05, 4.69) is 155 Å². The van der Waals surface area contributed by atoms with Crippen molar-refractivity contribution in [2.75, 3.05) is 0 Å². The minimum atomic E-state index is 0.487. The first-order valence-corrected chi connectivity index (χ1v) is 22.6. The largest absolute Gasteiger partial charge is 0.292 e. The summed E-state index contributed by atoms with van der Waals surface area (Å²) in [7, 11) is 0. The molecule has 7 aromatic carbocycles. The van der Waals surface area contributed by atoms with Crippen LogP contribution in [0.1, 0.15) is 0 Å². The highest BCUT2D eigenvalue weighted by atomic mass is 15.1. The molecule has 13 rings (SSSR count). The summed E-state index contributed by atoms with van der Waals surface area (Å²) in [6, 6.07) is 79.1. The predicted octanol–water partition coefficient (Wildman–Crippen LogP) is 14.3. The summed E-state index contributed by atoms with van der Waals surface area (Å²) in [6.07, 6.45) is 0. The Morgan fingerprint density at radius 2 is 0.662 bits per heavy atom. The van der Waals surface area contributed by atoms with Gasteiger partial charge in [0.2, 0.25) is 0 Å². The molecule has 0 saturated heterocycles. The van der Waals surface area contributed by atoms with E-state index >= 15 is 0 Å². The van der Waals surface area contributed by atoms with Crippen molar-refractivity contribution in [3.63, 3.8) is 0 Å². The second kappa shape index (κ2) is 16.2. The number of pyridine rings is 3. The van der Waals surface area contributed by atoms with Gasteiger partial charge in [0.15, 0.2) is 17.5 Å². The molecular formula is C60H38N8. The van der Waals surface area contributed by atoms with Crippen molar-refractivity contribution in [1.29, 1.82) is 0 Å². The third-order valence-corrected chi connectivity index (χ3v) is 12.6. The lowest BCUT2D eigenvalue weighted by Gasteiger charge is -2.14. The van der Waals surface area contributed by atoms with Gasteiger partial charge in [0, 0.05) is 38.2 Å². The maximum Gasteiger partial charge on any atom is 0.182 e.